The molecule has 0 bridgehead atoms. The van der Waals surface area contributed by atoms with Crippen molar-refractivity contribution in [3.63, 3.8) is 0 Å². The summed E-state index contributed by atoms with van der Waals surface area (Å²) in [6, 6.07) is 8.72. The van der Waals surface area contributed by atoms with E-state index in [0.717, 1.165) is 16.8 Å². The standard InChI is InChI=1S/C13H12N2O2/c1-8-6-10(4-5-15-8)9-2-3-12(14)11(7-9)13(16)17/h2-7H,14H2,1H3,(H,16,17). The number of rotatable bonds is 2. The number of nitrogens with two attached hydrogens (primary N) is 1. The number of hydrogen-bond donors (Lipinski definition) is 2. The summed E-state index contributed by atoms with van der Waals surface area (Å²) < 4.78 is 0. The highest BCUT2D eigenvalue weighted by Crippen LogP contribution is 2.23. The van der Waals surface area contributed by atoms with Crippen LogP contribution in [0.5, 0.6) is 0 Å². The minimum absolute atomic E-state index is 0.122. The normalized spacial score (nSPS) is 10.2. The highest BCUT2D eigenvalue weighted by molar-refractivity contribution is 5.95. The van der Waals surface area contributed by atoms with Crippen LogP contribution >= 0.6 is 0 Å². The number of carboxylic acids is 1. The van der Waals surface area contributed by atoms with Gasteiger partial charge in [-0.05, 0) is 42.3 Å². The topological polar surface area (TPSA) is 76.2 Å². The molecule has 17 heavy (non-hydrogen) atoms. The minimum atomic E-state index is -1.02. The van der Waals surface area contributed by atoms with E-state index in [0.29, 0.717) is 0 Å². The van der Waals surface area contributed by atoms with Crippen LogP contribution in [0.25, 0.3) is 11.1 Å². The number of nitrogen functional groups attached to an aromatic ring is 1. The van der Waals surface area contributed by atoms with Gasteiger partial charge in [-0.3, -0.25) is 4.98 Å². The zero-order valence-corrected chi connectivity index (χ0v) is 9.34. The lowest BCUT2D eigenvalue weighted by atomic mass is 10.0. The number of aryl methyl sites for hydroxylation is 1. The third kappa shape index (κ3) is 2.25. The zero-order valence-electron chi connectivity index (χ0n) is 9.34. The van der Waals surface area contributed by atoms with Gasteiger partial charge in [0.15, 0.2) is 0 Å². The molecule has 4 nitrogen and oxygen atoms in total. The van der Waals surface area contributed by atoms with Gasteiger partial charge in [0.05, 0.1) is 5.56 Å². The van der Waals surface area contributed by atoms with Crippen LogP contribution in [0.1, 0.15) is 16.1 Å². The molecule has 0 saturated heterocycles. The van der Waals surface area contributed by atoms with E-state index in [9.17, 15) is 4.79 Å². The Kier molecular flexibility index (Phi) is 2.78. The van der Waals surface area contributed by atoms with Crippen LogP contribution in [-0.4, -0.2) is 16.1 Å². The number of benzene rings is 1. The molecule has 1 heterocycles. The van der Waals surface area contributed by atoms with Crippen molar-refractivity contribution in [1.29, 1.82) is 0 Å². The summed E-state index contributed by atoms with van der Waals surface area (Å²) >= 11 is 0. The molecular formula is C13H12N2O2. The molecule has 3 N–H and O–H groups in total. The lowest BCUT2D eigenvalue weighted by Gasteiger charge is -2.06. The quantitative estimate of drug-likeness (QED) is 0.773. The first kappa shape index (κ1) is 11.1. The molecule has 1 aromatic carbocycles. The van der Waals surface area contributed by atoms with E-state index >= 15 is 0 Å². The van der Waals surface area contributed by atoms with Crippen molar-refractivity contribution in [3.05, 3.63) is 47.8 Å². The monoisotopic (exact) mass is 228 g/mol. The molecule has 0 radical (unpaired) electrons. The molecule has 0 unspecified atom stereocenters. The first-order valence-electron chi connectivity index (χ1n) is 5.14. The molecule has 0 fully saturated rings. The maximum Gasteiger partial charge on any atom is 0.337 e. The number of aromatic carboxylic acids is 1. The van der Waals surface area contributed by atoms with Crippen molar-refractivity contribution < 1.29 is 9.90 Å². The summed E-state index contributed by atoms with van der Waals surface area (Å²) in [5, 5.41) is 9.00. The van der Waals surface area contributed by atoms with Crippen molar-refractivity contribution in [2.45, 2.75) is 6.92 Å². The molecule has 4 heteroatoms. The second-order valence-corrected chi connectivity index (χ2v) is 3.79. The second-order valence-electron chi connectivity index (χ2n) is 3.79. The van der Waals surface area contributed by atoms with Crippen LogP contribution in [0.15, 0.2) is 36.5 Å². The van der Waals surface area contributed by atoms with E-state index in [1.165, 1.54) is 0 Å². The molecule has 0 aliphatic carbocycles. The van der Waals surface area contributed by atoms with E-state index in [4.69, 9.17) is 10.8 Å². The lowest BCUT2D eigenvalue weighted by molar-refractivity contribution is 0.0698. The van der Waals surface area contributed by atoms with Gasteiger partial charge < -0.3 is 10.8 Å². The fourth-order valence-electron chi connectivity index (χ4n) is 1.65. The Morgan fingerprint density at radius 1 is 1.24 bits per heavy atom. The van der Waals surface area contributed by atoms with Gasteiger partial charge in [0.1, 0.15) is 0 Å². The van der Waals surface area contributed by atoms with E-state index in [2.05, 4.69) is 4.98 Å². The maximum atomic E-state index is 11.0. The summed E-state index contributed by atoms with van der Waals surface area (Å²) in [5.41, 5.74) is 8.64. The fraction of sp³-hybridized carbons (Fsp3) is 0.0769. The minimum Gasteiger partial charge on any atom is -0.478 e. The molecule has 0 amide bonds. The van der Waals surface area contributed by atoms with Crippen molar-refractivity contribution in [2.24, 2.45) is 0 Å². The molecule has 2 rings (SSSR count). The summed E-state index contributed by atoms with van der Waals surface area (Å²) in [5.74, 6) is -1.02. The smallest absolute Gasteiger partial charge is 0.337 e. The van der Waals surface area contributed by atoms with Gasteiger partial charge in [-0.1, -0.05) is 6.07 Å². The number of hydrogen-bond acceptors (Lipinski definition) is 3. The highest BCUT2D eigenvalue weighted by Gasteiger charge is 2.09. The SMILES string of the molecule is Cc1cc(-c2ccc(N)c(C(=O)O)c2)ccn1. The van der Waals surface area contributed by atoms with Crippen LogP contribution in [0.4, 0.5) is 5.69 Å². The Bertz CT molecular complexity index is 579. The van der Waals surface area contributed by atoms with Crippen molar-refractivity contribution in [1.82, 2.24) is 4.98 Å². The first-order chi connectivity index (χ1) is 8.08. The summed E-state index contributed by atoms with van der Waals surface area (Å²) in [6.07, 6.45) is 1.70. The molecule has 0 aliphatic rings. The van der Waals surface area contributed by atoms with Crippen LogP contribution in [0.2, 0.25) is 0 Å². The van der Waals surface area contributed by atoms with Crippen LogP contribution in [-0.2, 0) is 0 Å². The number of aromatic nitrogens is 1. The Labute approximate surface area is 98.7 Å². The molecule has 0 saturated carbocycles. The Morgan fingerprint density at radius 2 is 1.94 bits per heavy atom. The molecule has 0 spiro atoms. The maximum absolute atomic E-state index is 11.0. The van der Waals surface area contributed by atoms with Gasteiger partial charge in [-0.2, -0.15) is 0 Å². The van der Waals surface area contributed by atoms with E-state index < -0.39 is 5.97 Å². The van der Waals surface area contributed by atoms with Gasteiger partial charge in [0.2, 0.25) is 0 Å². The Balaban J connectivity index is 2.54. The number of anilines is 1. The molecule has 0 aliphatic heterocycles. The molecule has 2 aromatic rings. The average molecular weight is 228 g/mol. The van der Waals surface area contributed by atoms with Crippen LogP contribution in [0, 0.1) is 6.92 Å². The fourth-order valence-corrected chi connectivity index (χ4v) is 1.65. The van der Waals surface area contributed by atoms with Crippen LogP contribution in [0.3, 0.4) is 0 Å². The second kappa shape index (κ2) is 4.25. The van der Waals surface area contributed by atoms with Crippen molar-refractivity contribution >= 4 is 11.7 Å². The number of pyridine rings is 1. The summed E-state index contributed by atoms with van der Waals surface area (Å²) in [6.45, 7) is 1.89. The van der Waals surface area contributed by atoms with Crippen LogP contribution < -0.4 is 5.73 Å². The predicted octanol–water partition coefficient (Wildman–Crippen LogP) is 2.34. The zero-order chi connectivity index (χ0) is 12.4. The molecular weight excluding hydrogens is 216 g/mol. The summed E-state index contributed by atoms with van der Waals surface area (Å²) in [7, 11) is 0. The van der Waals surface area contributed by atoms with E-state index in [1.807, 2.05) is 19.1 Å². The Hall–Kier alpha value is -2.36. The third-order valence-electron chi connectivity index (χ3n) is 2.51. The third-order valence-corrected chi connectivity index (χ3v) is 2.51. The van der Waals surface area contributed by atoms with Gasteiger partial charge in [-0.15, -0.1) is 0 Å². The van der Waals surface area contributed by atoms with Gasteiger partial charge in [0.25, 0.3) is 0 Å². The average Bonchev–Trinajstić information content (AvgIpc) is 2.29. The lowest BCUT2D eigenvalue weighted by Crippen LogP contribution is -2.02. The number of carboxylic acid groups (broad SMARTS) is 1. The predicted molar refractivity (Wildman–Crippen MR) is 65.8 cm³/mol. The van der Waals surface area contributed by atoms with Gasteiger partial charge >= 0.3 is 5.97 Å². The molecule has 0 atom stereocenters. The number of nitrogens with zero attached hydrogens (tertiary/aromatic N) is 1. The number of carbonyl (C=O) groups is 1. The van der Waals surface area contributed by atoms with E-state index in [-0.39, 0.29) is 11.3 Å². The first-order valence-corrected chi connectivity index (χ1v) is 5.14. The summed E-state index contributed by atoms with van der Waals surface area (Å²) in [4.78, 5) is 15.1. The van der Waals surface area contributed by atoms with Gasteiger partial charge in [0, 0.05) is 17.6 Å². The Morgan fingerprint density at radius 3 is 2.59 bits per heavy atom. The molecule has 86 valence electrons. The van der Waals surface area contributed by atoms with E-state index in [1.54, 1.807) is 24.4 Å². The highest BCUT2D eigenvalue weighted by atomic mass is 16.4. The largest absolute Gasteiger partial charge is 0.478 e. The van der Waals surface area contributed by atoms with Crippen molar-refractivity contribution in [2.75, 3.05) is 5.73 Å². The molecule has 1 aromatic heterocycles. The van der Waals surface area contributed by atoms with Gasteiger partial charge in [-0.25, -0.2) is 4.79 Å². The van der Waals surface area contributed by atoms with Crippen molar-refractivity contribution in [3.8, 4) is 11.1 Å².